The zero-order valence-electron chi connectivity index (χ0n) is 11.4. The lowest BCUT2D eigenvalue weighted by atomic mass is 9.98. The van der Waals surface area contributed by atoms with E-state index in [1.54, 1.807) is 25.3 Å². The van der Waals surface area contributed by atoms with E-state index in [9.17, 15) is 13.9 Å². The molecule has 0 heterocycles. The molecule has 4 heteroatoms. The lowest BCUT2D eigenvalue weighted by molar-refractivity contribution is 0.184. The van der Waals surface area contributed by atoms with Crippen molar-refractivity contribution in [1.29, 1.82) is 0 Å². The van der Waals surface area contributed by atoms with Crippen molar-refractivity contribution in [3.63, 3.8) is 0 Å². The first kappa shape index (κ1) is 14.6. The monoisotopic (exact) mass is 278 g/mol. The molecule has 1 atom stereocenters. The standard InChI is InChI=1S/C16H16F2O2/c1-10-6-7-13(15(18)14(10)17)16(19)12-5-3-4-11(8-12)9-20-2/h3-8,16,19H,9H2,1-2H3. The van der Waals surface area contributed by atoms with Gasteiger partial charge in [0.2, 0.25) is 0 Å². The lowest BCUT2D eigenvalue weighted by Crippen LogP contribution is -2.06. The highest BCUT2D eigenvalue weighted by Crippen LogP contribution is 2.27. The van der Waals surface area contributed by atoms with E-state index in [0.717, 1.165) is 5.56 Å². The van der Waals surface area contributed by atoms with Gasteiger partial charge in [-0.2, -0.15) is 0 Å². The minimum Gasteiger partial charge on any atom is -0.384 e. The minimum atomic E-state index is -1.21. The Morgan fingerprint density at radius 1 is 1.15 bits per heavy atom. The third-order valence-corrected chi connectivity index (χ3v) is 3.18. The van der Waals surface area contributed by atoms with E-state index in [-0.39, 0.29) is 11.1 Å². The quantitative estimate of drug-likeness (QED) is 0.927. The van der Waals surface area contributed by atoms with Crippen molar-refractivity contribution in [2.45, 2.75) is 19.6 Å². The molecule has 2 nitrogen and oxygen atoms in total. The molecule has 0 amide bonds. The Morgan fingerprint density at radius 3 is 2.60 bits per heavy atom. The summed E-state index contributed by atoms with van der Waals surface area (Å²) in [5.74, 6) is -1.93. The van der Waals surface area contributed by atoms with Crippen molar-refractivity contribution in [2.24, 2.45) is 0 Å². The van der Waals surface area contributed by atoms with E-state index in [0.29, 0.717) is 12.2 Å². The predicted molar refractivity (Wildman–Crippen MR) is 72.3 cm³/mol. The van der Waals surface area contributed by atoms with Crippen molar-refractivity contribution < 1.29 is 18.6 Å². The molecular formula is C16H16F2O2. The van der Waals surface area contributed by atoms with Crippen LogP contribution in [0.5, 0.6) is 0 Å². The van der Waals surface area contributed by atoms with Crippen molar-refractivity contribution in [2.75, 3.05) is 7.11 Å². The molecule has 2 rings (SSSR count). The van der Waals surface area contributed by atoms with Crippen molar-refractivity contribution in [3.05, 3.63) is 70.3 Å². The Bertz CT molecular complexity index is 611. The predicted octanol–water partition coefficient (Wildman–Crippen LogP) is 3.50. The van der Waals surface area contributed by atoms with Crippen LogP contribution in [0.2, 0.25) is 0 Å². The van der Waals surface area contributed by atoms with E-state index >= 15 is 0 Å². The third-order valence-electron chi connectivity index (χ3n) is 3.18. The zero-order valence-corrected chi connectivity index (χ0v) is 11.4. The normalized spacial score (nSPS) is 12.4. The molecule has 0 saturated carbocycles. The molecule has 0 aliphatic rings. The zero-order chi connectivity index (χ0) is 14.7. The smallest absolute Gasteiger partial charge is 0.165 e. The van der Waals surface area contributed by atoms with Gasteiger partial charge in [0.15, 0.2) is 11.6 Å². The summed E-state index contributed by atoms with van der Waals surface area (Å²) >= 11 is 0. The molecule has 2 aromatic rings. The van der Waals surface area contributed by atoms with Crippen LogP contribution in [0.15, 0.2) is 36.4 Å². The average molecular weight is 278 g/mol. The molecule has 0 fully saturated rings. The second-order valence-corrected chi connectivity index (χ2v) is 4.68. The number of halogens is 2. The maximum Gasteiger partial charge on any atom is 0.165 e. The molecule has 0 aromatic heterocycles. The number of aliphatic hydroxyl groups is 1. The van der Waals surface area contributed by atoms with Gasteiger partial charge >= 0.3 is 0 Å². The van der Waals surface area contributed by atoms with Crippen molar-refractivity contribution >= 4 is 0 Å². The number of aryl methyl sites for hydroxylation is 1. The Balaban J connectivity index is 2.38. The molecule has 106 valence electrons. The van der Waals surface area contributed by atoms with Crippen molar-refractivity contribution in [1.82, 2.24) is 0 Å². The number of benzene rings is 2. The fourth-order valence-corrected chi connectivity index (χ4v) is 2.07. The van der Waals surface area contributed by atoms with Crippen LogP contribution < -0.4 is 0 Å². The molecular weight excluding hydrogens is 262 g/mol. The maximum atomic E-state index is 13.9. The second kappa shape index (κ2) is 6.11. The highest BCUT2D eigenvalue weighted by Gasteiger charge is 2.19. The van der Waals surface area contributed by atoms with Crippen LogP contribution in [-0.4, -0.2) is 12.2 Å². The van der Waals surface area contributed by atoms with Gasteiger partial charge in [-0.15, -0.1) is 0 Å². The molecule has 0 radical (unpaired) electrons. The summed E-state index contributed by atoms with van der Waals surface area (Å²) in [6.07, 6.45) is -1.21. The highest BCUT2D eigenvalue weighted by molar-refractivity contribution is 5.35. The van der Waals surface area contributed by atoms with Crippen LogP contribution in [0.4, 0.5) is 8.78 Å². The number of methoxy groups -OCH3 is 1. The van der Waals surface area contributed by atoms with Gasteiger partial charge in [-0.05, 0) is 23.6 Å². The van der Waals surface area contributed by atoms with Crippen LogP contribution in [0, 0.1) is 18.6 Å². The Labute approximate surface area is 116 Å². The van der Waals surface area contributed by atoms with Gasteiger partial charge in [0.05, 0.1) is 6.61 Å². The SMILES string of the molecule is COCc1cccc(C(O)c2ccc(C)c(F)c2F)c1. The third kappa shape index (κ3) is 2.86. The molecule has 2 aromatic carbocycles. The van der Waals surface area contributed by atoms with Crippen LogP contribution in [-0.2, 0) is 11.3 Å². The summed E-state index contributed by atoms with van der Waals surface area (Å²) in [6.45, 7) is 1.87. The van der Waals surface area contributed by atoms with Gasteiger partial charge in [-0.25, -0.2) is 8.78 Å². The average Bonchev–Trinajstić information content (AvgIpc) is 2.45. The fourth-order valence-electron chi connectivity index (χ4n) is 2.07. The molecule has 0 aliphatic heterocycles. The summed E-state index contributed by atoms with van der Waals surface area (Å²) in [5, 5.41) is 10.2. The van der Waals surface area contributed by atoms with E-state index in [4.69, 9.17) is 4.74 Å². The first-order chi connectivity index (χ1) is 9.54. The first-order valence-corrected chi connectivity index (χ1v) is 6.25. The molecule has 1 N–H and O–H groups in total. The molecule has 0 saturated heterocycles. The molecule has 1 unspecified atom stereocenters. The van der Waals surface area contributed by atoms with Gasteiger partial charge in [0.1, 0.15) is 6.10 Å². The van der Waals surface area contributed by atoms with E-state index < -0.39 is 17.7 Å². The summed E-state index contributed by atoms with van der Waals surface area (Å²) in [6, 6.07) is 9.82. The number of ether oxygens (including phenoxy) is 1. The first-order valence-electron chi connectivity index (χ1n) is 6.25. The Kier molecular flexibility index (Phi) is 4.47. The van der Waals surface area contributed by atoms with Crippen LogP contribution >= 0.6 is 0 Å². The largest absolute Gasteiger partial charge is 0.384 e. The summed E-state index contributed by atoms with van der Waals surface area (Å²) in [4.78, 5) is 0. The van der Waals surface area contributed by atoms with Crippen LogP contribution in [0.1, 0.15) is 28.4 Å². The number of rotatable bonds is 4. The van der Waals surface area contributed by atoms with Crippen molar-refractivity contribution in [3.8, 4) is 0 Å². The van der Waals surface area contributed by atoms with Gasteiger partial charge in [0.25, 0.3) is 0 Å². The van der Waals surface area contributed by atoms with Gasteiger partial charge in [-0.1, -0.05) is 36.4 Å². The van der Waals surface area contributed by atoms with Gasteiger partial charge < -0.3 is 9.84 Å². The number of hydrogen-bond donors (Lipinski definition) is 1. The topological polar surface area (TPSA) is 29.5 Å². The highest BCUT2D eigenvalue weighted by atomic mass is 19.2. The summed E-state index contributed by atoms with van der Waals surface area (Å²) in [7, 11) is 1.57. The van der Waals surface area contributed by atoms with E-state index in [1.165, 1.54) is 19.1 Å². The van der Waals surface area contributed by atoms with Gasteiger partial charge in [-0.3, -0.25) is 0 Å². The second-order valence-electron chi connectivity index (χ2n) is 4.68. The Hall–Kier alpha value is -1.78. The van der Waals surface area contributed by atoms with Crippen LogP contribution in [0.3, 0.4) is 0 Å². The summed E-state index contributed by atoms with van der Waals surface area (Å²) < 4.78 is 32.5. The molecule has 0 bridgehead atoms. The fraction of sp³-hybridized carbons (Fsp3) is 0.250. The number of hydrogen-bond acceptors (Lipinski definition) is 2. The van der Waals surface area contributed by atoms with Crippen LogP contribution in [0.25, 0.3) is 0 Å². The van der Waals surface area contributed by atoms with E-state index in [2.05, 4.69) is 0 Å². The minimum absolute atomic E-state index is 0.0670. The van der Waals surface area contributed by atoms with Gasteiger partial charge in [0, 0.05) is 12.7 Å². The Morgan fingerprint density at radius 2 is 1.90 bits per heavy atom. The lowest BCUT2D eigenvalue weighted by Gasteiger charge is -2.14. The molecule has 20 heavy (non-hydrogen) atoms. The summed E-state index contributed by atoms with van der Waals surface area (Å²) in [5.41, 5.74) is 1.51. The van der Waals surface area contributed by atoms with E-state index in [1.807, 2.05) is 6.07 Å². The maximum absolute atomic E-state index is 13.9. The molecule has 0 aliphatic carbocycles. The number of aliphatic hydroxyl groups excluding tert-OH is 1. The molecule has 0 spiro atoms.